The van der Waals surface area contributed by atoms with Gasteiger partial charge in [0.25, 0.3) is 0 Å². The first kappa shape index (κ1) is 29.0. The number of para-hydroxylation sites is 1. The van der Waals surface area contributed by atoms with Gasteiger partial charge in [-0.2, -0.15) is 0 Å². The fourth-order valence-electron chi connectivity index (χ4n) is 7.09. The second kappa shape index (κ2) is 11.9. The number of fused-ring (bicyclic) bond motifs is 5. The first-order valence-electron chi connectivity index (χ1n) is 17.1. The predicted octanol–water partition coefficient (Wildman–Crippen LogP) is 12.4. The summed E-state index contributed by atoms with van der Waals surface area (Å²) in [6.07, 6.45) is 0. The van der Waals surface area contributed by atoms with Crippen molar-refractivity contribution in [2.75, 3.05) is 0 Å². The topological polar surface area (TPSA) is 51.8 Å². The van der Waals surface area contributed by atoms with E-state index in [9.17, 15) is 0 Å². The Balaban J connectivity index is 1.16. The molecule has 0 aliphatic heterocycles. The highest BCUT2D eigenvalue weighted by Gasteiger charge is 2.20. The number of rotatable bonds is 5. The highest BCUT2D eigenvalue weighted by molar-refractivity contribution is 6.13. The van der Waals surface area contributed by atoms with Crippen molar-refractivity contribution in [1.29, 1.82) is 0 Å². The zero-order valence-corrected chi connectivity index (χ0v) is 27.5. The minimum atomic E-state index is 0.596. The Hall–Kier alpha value is -6.91. The summed E-state index contributed by atoms with van der Waals surface area (Å²) < 4.78 is 6.52. The van der Waals surface area contributed by atoms with E-state index in [4.69, 9.17) is 19.4 Å². The number of nitrogens with zero attached hydrogens (tertiary/aromatic N) is 3. The van der Waals surface area contributed by atoms with Crippen LogP contribution in [-0.2, 0) is 0 Å². The van der Waals surface area contributed by atoms with Gasteiger partial charge in [0, 0.05) is 27.5 Å². The number of benzene rings is 8. The summed E-state index contributed by atoms with van der Waals surface area (Å²) in [4.78, 5) is 15.4. The summed E-state index contributed by atoms with van der Waals surface area (Å²) in [5.74, 6) is 1.84. The quantitative estimate of drug-likeness (QED) is 0.186. The Morgan fingerprint density at radius 2 is 0.843 bits per heavy atom. The van der Waals surface area contributed by atoms with Gasteiger partial charge in [-0.1, -0.05) is 146 Å². The standard InChI is InChI=1S/C47H29N3O/c1-2-12-34(13-3-1)45-48-46(38-25-23-31-11-5-7-15-36(31)27-38)50-47(49-45)41-28-39(29-43-44(41)40-16-8-9-17-42(40)51-43)33-20-18-32(19-21-33)37-24-22-30-10-4-6-14-35(30)26-37/h1-29H. The molecule has 0 aliphatic carbocycles. The van der Waals surface area contributed by atoms with E-state index in [2.05, 4.69) is 127 Å². The SMILES string of the molecule is c1ccc(-c2nc(-c3ccc4ccccc4c3)nc(-c3cc(-c4ccc(-c5ccc6ccccc6c5)cc4)cc4oc5ccccc5c34)n2)cc1. The number of aromatic nitrogens is 3. The van der Waals surface area contributed by atoms with Crippen LogP contribution < -0.4 is 0 Å². The maximum absolute atomic E-state index is 6.52. The van der Waals surface area contributed by atoms with Gasteiger partial charge >= 0.3 is 0 Å². The third-order valence-corrected chi connectivity index (χ3v) is 9.70. The molecule has 2 aromatic heterocycles. The zero-order valence-electron chi connectivity index (χ0n) is 27.5. The molecule has 0 radical (unpaired) electrons. The van der Waals surface area contributed by atoms with Crippen molar-refractivity contribution in [3.63, 3.8) is 0 Å². The molecule has 0 atom stereocenters. The molecular formula is C47H29N3O. The highest BCUT2D eigenvalue weighted by Crippen LogP contribution is 2.40. The number of hydrogen-bond acceptors (Lipinski definition) is 4. The average Bonchev–Trinajstić information content (AvgIpc) is 3.59. The van der Waals surface area contributed by atoms with E-state index in [1.54, 1.807) is 0 Å². The lowest BCUT2D eigenvalue weighted by molar-refractivity contribution is 0.669. The van der Waals surface area contributed by atoms with E-state index in [-0.39, 0.29) is 0 Å². The van der Waals surface area contributed by atoms with Gasteiger partial charge in [-0.15, -0.1) is 0 Å². The molecule has 0 unspecified atom stereocenters. The van der Waals surface area contributed by atoms with Crippen LogP contribution >= 0.6 is 0 Å². The van der Waals surface area contributed by atoms with Crippen LogP contribution in [0.4, 0.5) is 0 Å². The fourth-order valence-corrected chi connectivity index (χ4v) is 7.09. The maximum atomic E-state index is 6.52. The van der Waals surface area contributed by atoms with Gasteiger partial charge in [0.2, 0.25) is 0 Å². The second-order valence-corrected chi connectivity index (χ2v) is 12.9. The Bertz CT molecular complexity index is 2910. The van der Waals surface area contributed by atoms with E-state index in [1.165, 1.54) is 27.3 Å². The van der Waals surface area contributed by atoms with E-state index in [0.717, 1.165) is 55.1 Å². The molecule has 8 aromatic carbocycles. The molecule has 10 rings (SSSR count). The molecule has 2 heterocycles. The van der Waals surface area contributed by atoms with Crippen molar-refractivity contribution in [1.82, 2.24) is 15.0 Å². The summed E-state index contributed by atoms with van der Waals surface area (Å²) in [7, 11) is 0. The van der Waals surface area contributed by atoms with Crippen molar-refractivity contribution < 1.29 is 4.42 Å². The van der Waals surface area contributed by atoms with Gasteiger partial charge in [0.15, 0.2) is 17.5 Å². The number of hydrogen-bond donors (Lipinski definition) is 0. The van der Waals surface area contributed by atoms with Gasteiger partial charge in [-0.25, -0.2) is 15.0 Å². The molecule has 0 saturated heterocycles. The lowest BCUT2D eigenvalue weighted by Gasteiger charge is -2.12. The molecule has 0 aliphatic rings. The zero-order chi connectivity index (χ0) is 33.7. The van der Waals surface area contributed by atoms with E-state index in [0.29, 0.717) is 17.5 Å². The third-order valence-electron chi connectivity index (χ3n) is 9.70. The van der Waals surface area contributed by atoms with Gasteiger partial charge in [0.1, 0.15) is 11.2 Å². The first-order valence-corrected chi connectivity index (χ1v) is 17.1. The lowest BCUT2D eigenvalue weighted by Crippen LogP contribution is -2.00. The van der Waals surface area contributed by atoms with Crippen LogP contribution in [0.2, 0.25) is 0 Å². The van der Waals surface area contributed by atoms with Crippen molar-refractivity contribution >= 4 is 43.5 Å². The highest BCUT2D eigenvalue weighted by atomic mass is 16.3. The van der Waals surface area contributed by atoms with Gasteiger partial charge in [-0.3, -0.25) is 0 Å². The summed E-state index contributed by atoms with van der Waals surface area (Å²) in [5, 5.41) is 6.78. The summed E-state index contributed by atoms with van der Waals surface area (Å²) >= 11 is 0. The van der Waals surface area contributed by atoms with E-state index < -0.39 is 0 Å². The summed E-state index contributed by atoms with van der Waals surface area (Å²) in [6.45, 7) is 0. The van der Waals surface area contributed by atoms with Crippen molar-refractivity contribution in [2.24, 2.45) is 0 Å². The predicted molar refractivity (Wildman–Crippen MR) is 209 cm³/mol. The van der Waals surface area contributed by atoms with Gasteiger partial charge < -0.3 is 4.42 Å². The van der Waals surface area contributed by atoms with Crippen LogP contribution in [-0.4, -0.2) is 15.0 Å². The molecule has 10 aromatic rings. The minimum absolute atomic E-state index is 0.596. The molecule has 0 saturated carbocycles. The van der Waals surface area contributed by atoms with Crippen LogP contribution in [0, 0.1) is 0 Å². The van der Waals surface area contributed by atoms with Crippen LogP contribution in [0.25, 0.3) is 99.9 Å². The number of furan rings is 1. The molecule has 51 heavy (non-hydrogen) atoms. The second-order valence-electron chi connectivity index (χ2n) is 12.9. The first-order chi connectivity index (χ1) is 25.2. The Kier molecular flexibility index (Phi) is 6.78. The normalized spacial score (nSPS) is 11.5. The van der Waals surface area contributed by atoms with Crippen LogP contribution in [0.3, 0.4) is 0 Å². The molecule has 0 fully saturated rings. The van der Waals surface area contributed by atoms with Crippen molar-refractivity contribution in [2.45, 2.75) is 0 Å². The summed E-state index contributed by atoms with van der Waals surface area (Å²) in [6, 6.07) is 61.2. The molecule has 4 heteroatoms. The lowest BCUT2D eigenvalue weighted by atomic mass is 9.96. The molecular weight excluding hydrogens is 623 g/mol. The summed E-state index contributed by atoms with van der Waals surface area (Å²) in [5.41, 5.74) is 8.83. The fraction of sp³-hybridized carbons (Fsp3) is 0. The Morgan fingerprint density at radius 1 is 0.314 bits per heavy atom. The minimum Gasteiger partial charge on any atom is -0.456 e. The molecule has 0 spiro atoms. The molecule has 4 nitrogen and oxygen atoms in total. The monoisotopic (exact) mass is 651 g/mol. The maximum Gasteiger partial charge on any atom is 0.164 e. The van der Waals surface area contributed by atoms with E-state index in [1.807, 2.05) is 48.5 Å². The van der Waals surface area contributed by atoms with E-state index >= 15 is 0 Å². The van der Waals surface area contributed by atoms with Crippen molar-refractivity contribution in [3.05, 3.63) is 176 Å². The average molecular weight is 652 g/mol. The third kappa shape index (κ3) is 5.22. The Morgan fingerprint density at radius 3 is 1.57 bits per heavy atom. The van der Waals surface area contributed by atoms with Crippen LogP contribution in [0.1, 0.15) is 0 Å². The Labute approximate surface area is 294 Å². The van der Waals surface area contributed by atoms with Gasteiger partial charge in [0.05, 0.1) is 0 Å². The van der Waals surface area contributed by atoms with Crippen LogP contribution in [0.5, 0.6) is 0 Å². The molecule has 0 bridgehead atoms. The molecule has 238 valence electrons. The smallest absolute Gasteiger partial charge is 0.164 e. The van der Waals surface area contributed by atoms with Crippen LogP contribution in [0.15, 0.2) is 180 Å². The molecule has 0 amide bonds. The molecule has 0 N–H and O–H groups in total. The van der Waals surface area contributed by atoms with Crippen molar-refractivity contribution in [3.8, 4) is 56.4 Å². The van der Waals surface area contributed by atoms with Gasteiger partial charge in [-0.05, 0) is 74.1 Å². The largest absolute Gasteiger partial charge is 0.456 e.